The van der Waals surface area contributed by atoms with Crippen LogP contribution >= 0.6 is 27.3 Å². The van der Waals surface area contributed by atoms with Gasteiger partial charge in [0.05, 0.1) is 3.79 Å². The lowest BCUT2D eigenvalue weighted by atomic mass is 10.1. The molecule has 1 atom stereocenters. The smallest absolute Gasteiger partial charge is 0.250 e. The van der Waals surface area contributed by atoms with Gasteiger partial charge < -0.3 is 5.32 Å². The molecule has 0 aliphatic heterocycles. The van der Waals surface area contributed by atoms with E-state index in [4.69, 9.17) is 0 Å². The minimum Gasteiger partial charge on any atom is -0.325 e. The summed E-state index contributed by atoms with van der Waals surface area (Å²) in [5.74, 6) is -0.409. The first-order valence-electron chi connectivity index (χ1n) is 8.52. The van der Waals surface area contributed by atoms with Crippen molar-refractivity contribution in [2.75, 3.05) is 5.32 Å². The Morgan fingerprint density at radius 2 is 1.82 bits per heavy atom. The van der Waals surface area contributed by atoms with Gasteiger partial charge >= 0.3 is 0 Å². The Labute approximate surface area is 177 Å². The predicted octanol–water partition coefficient (Wildman–Crippen LogP) is 4.35. The predicted molar refractivity (Wildman–Crippen MR) is 116 cm³/mol. The standard InChI is InChI=1S/C20H19BrN2O3S2/c1-14-6-5-9-16(12-14)22-20(24)17(13-15-7-3-2-4-8-15)23-28(25,26)19-11-10-18(21)27-19/h2-12,17,23H,13H2,1H3,(H,22,24)/t17-/m0/s1. The van der Waals surface area contributed by atoms with Crippen LogP contribution in [0.25, 0.3) is 0 Å². The lowest BCUT2D eigenvalue weighted by Crippen LogP contribution is -2.45. The van der Waals surface area contributed by atoms with E-state index in [1.54, 1.807) is 12.1 Å². The van der Waals surface area contributed by atoms with Gasteiger partial charge in [-0.3, -0.25) is 4.79 Å². The van der Waals surface area contributed by atoms with Crippen molar-refractivity contribution in [2.24, 2.45) is 0 Å². The van der Waals surface area contributed by atoms with Crippen molar-refractivity contribution in [3.63, 3.8) is 0 Å². The summed E-state index contributed by atoms with van der Waals surface area (Å²) in [6.07, 6.45) is 0.240. The first-order chi connectivity index (χ1) is 13.3. The quantitative estimate of drug-likeness (QED) is 0.529. The number of carbonyl (C=O) groups excluding carboxylic acids is 1. The minimum atomic E-state index is -3.83. The molecule has 146 valence electrons. The average Bonchev–Trinajstić information content (AvgIpc) is 3.09. The van der Waals surface area contributed by atoms with Gasteiger partial charge in [-0.05, 0) is 64.7 Å². The summed E-state index contributed by atoms with van der Waals surface area (Å²) < 4.78 is 28.9. The van der Waals surface area contributed by atoms with Gasteiger partial charge in [-0.15, -0.1) is 11.3 Å². The molecule has 28 heavy (non-hydrogen) atoms. The van der Waals surface area contributed by atoms with Gasteiger partial charge in [0.15, 0.2) is 0 Å². The maximum atomic E-state index is 12.9. The fourth-order valence-corrected chi connectivity index (χ4v) is 5.90. The summed E-state index contributed by atoms with van der Waals surface area (Å²) in [7, 11) is -3.83. The minimum absolute atomic E-state index is 0.154. The molecular formula is C20H19BrN2O3S2. The lowest BCUT2D eigenvalue weighted by Gasteiger charge is -2.18. The van der Waals surface area contributed by atoms with Crippen LogP contribution in [-0.2, 0) is 21.2 Å². The molecule has 2 N–H and O–H groups in total. The summed E-state index contributed by atoms with van der Waals surface area (Å²) in [6.45, 7) is 1.93. The number of aryl methyl sites for hydroxylation is 1. The Kier molecular flexibility index (Phi) is 6.66. The SMILES string of the molecule is Cc1cccc(NC(=O)[C@H](Cc2ccccc2)NS(=O)(=O)c2ccc(Br)s2)c1. The molecule has 0 spiro atoms. The molecule has 0 saturated carbocycles. The highest BCUT2D eigenvalue weighted by molar-refractivity contribution is 9.11. The molecule has 3 rings (SSSR count). The monoisotopic (exact) mass is 478 g/mol. The Hall–Kier alpha value is -2.00. The second-order valence-corrected chi connectivity index (χ2v) is 10.7. The zero-order valence-corrected chi connectivity index (χ0v) is 18.3. The molecule has 2 aromatic carbocycles. The van der Waals surface area contributed by atoms with Gasteiger partial charge in [-0.2, -0.15) is 4.72 Å². The largest absolute Gasteiger partial charge is 0.325 e. The maximum Gasteiger partial charge on any atom is 0.250 e. The molecule has 0 radical (unpaired) electrons. The maximum absolute atomic E-state index is 12.9. The lowest BCUT2D eigenvalue weighted by molar-refractivity contribution is -0.117. The van der Waals surface area contributed by atoms with Crippen molar-refractivity contribution in [2.45, 2.75) is 23.6 Å². The van der Waals surface area contributed by atoms with Crippen molar-refractivity contribution < 1.29 is 13.2 Å². The van der Waals surface area contributed by atoms with E-state index in [1.807, 2.05) is 55.5 Å². The summed E-state index contributed by atoms with van der Waals surface area (Å²) in [5, 5.41) is 2.81. The number of hydrogen-bond donors (Lipinski definition) is 2. The Bertz CT molecular complexity index is 1070. The third-order valence-electron chi connectivity index (χ3n) is 4.00. The number of halogens is 1. The van der Waals surface area contributed by atoms with E-state index in [9.17, 15) is 13.2 Å². The number of amides is 1. The van der Waals surface area contributed by atoms with Gasteiger partial charge in [0.1, 0.15) is 10.3 Å². The number of nitrogens with one attached hydrogen (secondary N) is 2. The highest BCUT2D eigenvalue weighted by atomic mass is 79.9. The third-order valence-corrected chi connectivity index (χ3v) is 7.58. The van der Waals surface area contributed by atoms with Crippen LogP contribution in [0.15, 0.2) is 74.7 Å². The molecule has 8 heteroatoms. The normalized spacial score (nSPS) is 12.5. The molecule has 0 bridgehead atoms. The van der Waals surface area contributed by atoms with Crippen LogP contribution in [0.4, 0.5) is 5.69 Å². The molecule has 0 aliphatic carbocycles. The topological polar surface area (TPSA) is 75.3 Å². The van der Waals surface area contributed by atoms with E-state index in [0.29, 0.717) is 9.47 Å². The highest BCUT2D eigenvalue weighted by Gasteiger charge is 2.27. The summed E-state index contributed by atoms with van der Waals surface area (Å²) in [4.78, 5) is 12.9. The highest BCUT2D eigenvalue weighted by Crippen LogP contribution is 2.26. The molecule has 0 unspecified atom stereocenters. The summed E-state index contributed by atoms with van der Waals surface area (Å²) >= 11 is 4.37. The third kappa shape index (κ3) is 5.51. The molecule has 3 aromatic rings. The van der Waals surface area contributed by atoms with Crippen molar-refractivity contribution in [3.05, 3.63) is 81.6 Å². The molecule has 0 fully saturated rings. The van der Waals surface area contributed by atoms with E-state index in [0.717, 1.165) is 22.5 Å². The van der Waals surface area contributed by atoms with Gasteiger partial charge in [-0.25, -0.2) is 8.42 Å². The van der Waals surface area contributed by atoms with Crippen LogP contribution in [0.3, 0.4) is 0 Å². The van der Waals surface area contributed by atoms with Crippen LogP contribution in [0.1, 0.15) is 11.1 Å². The number of benzene rings is 2. The van der Waals surface area contributed by atoms with Gasteiger partial charge in [0.25, 0.3) is 10.0 Å². The second-order valence-electron chi connectivity index (χ2n) is 6.28. The molecular weight excluding hydrogens is 460 g/mol. The number of hydrogen-bond acceptors (Lipinski definition) is 4. The molecule has 5 nitrogen and oxygen atoms in total. The van der Waals surface area contributed by atoms with Crippen molar-refractivity contribution in [1.29, 1.82) is 0 Å². The van der Waals surface area contributed by atoms with Crippen molar-refractivity contribution in [1.82, 2.24) is 4.72 Å². The number of thiophene rings is 1. The number of sulfonamides is 1. The first-order valence-corrected chi connectivity index (χ1v) is 11.6. The van der Waals surface area contributed by atoms with E-state index < -0.39 is 22.0 Å². The van der Waals surface area contributed by atoms with Gasteiger partial charge in [0, 0.05) is 5.69 Å². The Morgan fingerprint density at radius 3 is 2.46 bits per heavy atom. The van der Waals surface area contributed by atoms with Gasteiger partial charge in [-0.1, -0.05) is 42.5 Å². The fourth-order valence-electron chi connectivity index (χ4n) is 2.68. The Morgan fingerprint density at radius 1 is 1.07 bits per heavy atom. The van der Waals surface area contributed by atoms with Gasteiger partial charge in [0.2, 0.25) is 5.91 Å². The Balaban J connectivity index is 1.85. The zero-order chi connectivity index (χ0) is 20.1. The van der Waals surface area contributed by atoms with E-state index in [1.165, 1.54) is 6.07 Å². The second kappa shape index (κ2) is 9.00. The summed E-state index contributed by atoms with van der Waals surface area (Å²) in [5.41, 5.74) is 2.49. The molecule has 1 heterocycles. The zero-order valence-electron chi connectivity index (χ0n) is 15.1. The van der Waals surface area contributed by atoms with Crippen LogP contribution in [0.5, 0.6) is 0 Å². The summed E-state index contributed by atoms with van der Waals surface area (Å²) in [6, 6.07) is 18.9. The van der Waals surface area contributed by atoms with Crippen LogP contribution < -0.4 is 10.0 Å². The average molecular weight is 479 g/mol. The van der Waals surface area contributed by atoms with Crippen molar-refractivity contribution >= 4 is 48.9 Å². The molecule has 1 amide bonds. The van der Waals surface area contributed by atoms with Crippen LogP contribution in [0, 0.1) is 6.92 Å². The molecule has 0 saturated heterocycles. The molecule has 1 aromatic heterocycles. The van der Waals surface area contributed by atoms with Crippen LogP contribution in [0.2, 0.25) is 0 Å². The number of carbonyl (C=O) groups is 1. The van der Waals surface area contributed by atoms with E-state index in [-0.39, 0.29) is 10.6 Å². The van der Waals surface area contributed by atoms with E-state index in [2.05, 4.69) is 26.0 Å². The number of rotatable bonds is 7. The molecule has 0 aliphatic rings. The van der Waals surface area contributed by atoms with E-state index >= 15 is 0 Å². The van der Waals surface area contributed by atoms with Crippen molar-refractivity contribution in [3.8, 4) is 0 Å². The first kappa shape index (κ1) is 20.7. The fraction of sp³-hybridized carbons (Fsp3) is 0.150. The van der Waals surface area contributed by atoms with Crippen LogP contribution in [-0.4, -0.2) is 20.4 Å². The number of anilines is 1.